The summed E-state index contributed by atoms with van der Waals surface area (Å²) in [5.41, 5.74) is 2.59. The molecule has 4 aromatic rings. The molecule has 3 heterocycles. The SMILES string of the molecule is Cc1cc(Cl)cc2sc(N(Cc3ccccn3)C(=O)c3nccn3C)nc12. The Morgan fingerprint density at radius 3 is 2.81 bits per heavy atom. The highest BCUT2D eigenvalue weighted by Crippen LogP contribution is 2.34. The van der Waals surface area contributed by atoms with E-state index < -0.39 is 0 Å². The second-order valence-corrected chi connectivity index (χ2v) is 7.59. The summed E-state index contributed by atoms with van der Waals surface area (Å²) >= 11 is 7.61. The molecule has 0 atom stereocenters. The molecule has 136 valence electrons. The molecule has 1 amide bonds. The van der Waals surface area contributed by atoms with E-state index in [4.69, 9.17) is 16.6 Å². The topological polar surface area (TPSA) is 63.9 Å². The lowest BCUT2D eigenvalue weighted by atomic mass is 10.2. The van der Waals surface area contributed by atoms with Crippen LogP contribution in [0.5, 0.6) is 0 Å². The van der Waals surface area contributed by atoms with Crippen molar-refractivity contribution in [1.29, 1.82) is 0 Å². The zero-order valence-corrected chi connectivity index (χ0v) is 16.3. The van der Waals surface area contributed by atoms with E-state index in [0.29, 0.717) is 22.5 Å². The number of benzene rings is 1. The summed E-state index contributed by atoms with van der Waals surface area (Å²) in [4.78, 5) is 28.1. The van der Waals surface area contributed by atoms with E-state index in [9.17, 15) is 4.79 Å². The van der Waals surface area contributed by atoms with Crippen LogP contribution in [0.25, 0.3) is 10.2 Å². The van der Waals surface area contributed by atoms with E-state index in [1.165, 1.54) is 11.3 Å². The number of rotatable bonds is 4. The van der Waals surface area contributed by atoms with Gasteiger partial charge in [-0.1, -0.05) is 29.0 Å². The maximum Gasteiger partial charge on any atom is 0.296 e. The summed E-state index contributed by atoms with van der Waals surface area (Å²) in [7, 11) is 1.79. The van der Waals surface area contributed by atoms with Crippen LogP contribution in [0.4, 0.5) is 5.13 Å². The minimum atomic E-state index is -0.226. The van der Waals surface area contributed by atoms with Crippen LogP contribution in [0.3, 0.4) is 0 Å². The minimum Gasteiger partial charge on any atom is -0.330 e. The van der Waals surface area contributed by atoms with Gasteiger partial charge in [0, 0.05) is 30.7 Å². The molecule has 0 radical (unpaired) electrons. The average Bonchev–Trinajstić information content (AvgIpc) is 3.26. The van der Waals surface area contributed by atoms with Crippen LogP contribution < -0.4 is 4.90 Å². The molecular weight excluding hydrogens is 382 g/mol. The Bertz CT molecular complexity index is 1120. The molecule has 4 rings (SSSR count). The smallest absolute Gasteiger partial charge is 0.296 e. The first-order valence-electron chi connectivity index (χ1n) is 8.28. The second kappa shape index (κ2) is 7.09. The first kappa shape index (κ1) is 17.6. The van der Waals surface area contributed by atoms with Crippen LogP contribution in [-0.4, -0.2) is 25.4 Å². The second-order valence-electron chi connectivity index (χ2n) is 6.14. The van der Waals surface area contributed by atoms with Gasteiger partial charge in [-0.3, -0.25) is 14.7 Å². The number of carbonyl (C=O) groups excluding carboxylic acids is 1. The van der Waals surface area contributed by atoms with Gasteiger partial charge in [0.1, 0.15) is 0 Å². The summed E-state index contributed by atoms with van der Waals surface area (Å²) in [6, 6.07) is 9.37. The Kier molecular flexibility index (Phi) is 4.63. The van der Waals surface area contributed by atoms with Gasteiger partial charge >= 0.3 is 0 Å². The van der Waals surface area contributed by atoms with Crippen LogP contribution >= 0.6 is 22.9 Å². The number of anilines is 1. The van der Waals surface area contributed by atoms with Crippen LogP contribution in [0.15, 0.2) is 48.9 Å². The number of nitrogens with zero attached hydrogens (tertiary/aromatic N) is 5. The number of imidazole rings is 1. The quantitative estimate of drug-likeness (QED) is 0.516. The van der Waals surface area contributed by atoms with Crippen LogP contribution in [0.1, 0.15) is 21.9 Å². The van der Waals surface area contributed by atoms with Gasteiger partial charge in [-0.05, 0) is 36.8 Å². The monoisotopic (exact) mass is 397 g/mol. The fraction of sp³-hybridized carbons (Fsp3) is 0.158. The van der Waals surface area contributed by atoms with Crippen molar-refractivity contribution in [3.05, 3.63) is 71.0 Å². The zero-order valence-electron chi connectivity index (χ0n) is 14.8. The Balaban J connectivity index is 1.81. The highest BCUT2D eigenvalue weighted by atomic mass is 35.5. The number of hydrogen-bond acceptors (Lipinski definition) is 5. The van der Waals surface area contributed by atoms with Gasteiger partial charge in [0.25, 0.3) is 5.91 Å². The van der Waals surface area contributed by atoms with E-state index in [1.807, 2.05) is 37.3 Å². The molecule has 0 saturated carbocycles. The number of amides is 1. The van der Waals surface area contributed by atoms with E-state index in [-0.39, 0.29) is 5.91 Å². The summed E-state index contributed by atoms with van der Waals surface area (Å²) in [6.07, 6.45) is 5.06. The Hall–Kier alpha value is -2.77. The van der Waals surface area contributed by atoms with E-state index >= 15 is 0 Å². The zero-order chi connectivity index (χ0) is 19.0. The Morgan fingerprint density at radius 2 is 2.11 bits per heavy atom. The predicted octanol–water partition coefficient (Wildman–Crippen LogP) is 4.23. The Morgan fingerprint density at radius 1 is 1.26 bits per heavy atom. The lowest BCUT2D eigenvalue weighted by Crippen LogP contribution is -2.32. The van der Waals surface area contributed by atoms with Crippen LogP contribution in [0, 0.1) is 6.92 Å². The number of fused-ring (bicyclic) bond motifs is 1. The molecule has 0 spiro atoms. The number of carbonyl (C=O) groups is 1. The number of hydrogen-bond donors (Lipinski definition) is 0. The summed E-state index contributed by atoms with van der Waals surface area (Å²) in [6.45, 7) is 2.26. The van der Waals surface area contributed by atoms with Crippen molar-refractivity contribution in [3.63, 3.8) is 0 Å². The van der Waals surface area contributed by atoms with Gasteiger partial charge in [-0.25, -0.2) is 9.97 Å². The standard InChI is InChI=1S/C19H16ClN5OS/c1-12-9-13(20)10-15-16(12)23-19(27-15)25(11-14-5-3-4-6-21-14)18(26)17-22-7-8-24(17)2/h3-10H,11H2,1-2H3. The number of thiazole rings is 1. The minimum absolute atomic E-state index is 0.226. The van der Waals surface area contributed by atoms with Gasteiger partial charge in [0.05, 0.1) is 22.5 Å². The third-order valence-electron chi connectivity index (χ3n) is 4.17. The average molecular weight is 398 g/mol. The van der Waals surface area contributed by atoms with Gasteiger partial charge in [-0.2, -0.15) is 0 Å². The van der Waals surface area contributed by atoms with Crippen LogP contribution in [-0.2, 0) is 13.6 Å². The van der Waals surface area contributed by atoms with Crippen LogP contribution in [0.2, 0.25) is 5.02 Å². The van der Waals surface area contributed by atoms with Gasteiger partial charge < -0.3 is 4.57 Å². The number of aromatic nitrogens is 4. The molecule has 3 aromatic heterocycles. The third kappa shape index (κ3) is 3.43. The highest BCUT2D eigenvalue weighted by molar-refractivity contribution is 7.22. The van der Waals surface area contributed by atoms with Crippen molar-refractivity contribution in [2.75, 3.05) is 4.90 Å². The van der Waals surface area contributed by atoms with E-state index in [1.54, 1.807) is 35.1 Å². The van der Waals surface area contributed by atoms with Gasteiger partial charge in [0.2, 0.25) is 0 Å². The fourth-order valence-electron chi connectivity index (χ4n) is 2.83. The van der Waals surface area contributed by atoms with Crippen molar-refractivity contribution < 1.29 is 4.79 Å². The first-order valence-corrected chi connectivity index (χ1v) is 9.48. The molecule has 0 aliphatic rings. The summed E-state index contributed by atoms with van der Waals surface area (Å²) < 4.78 is 2.64. The molecule has 27 heavy (non-hydrogen) atoms. The molecule has 1 aromatic carbocycles. The molecule has 0 unspecified atom stereocenters. The number of aryl methyl sites for hydroxylation is 2. The molecule has 0 aliphatic carbocycles. The normalized spacial score (nSPS) is 11.1. The van der Waals surface area contributed by atoms with E-state index in [2.05, 4.69) is 9.97 Å². The summed E-state index contributed by atoms with van der Waals surface area (Å²) in [5, 5.41) is 1.25. The summed E-state index contributed by atoms with van der Waals surface area (Å²) in [5.74, 6) is 0.121. The third-order valence-corrected chi connectivity index (χ3v) is 5.42. The molecule has 6 nitrogen and oxygen atoms in total. The molecule has 0 N–H and O–H groups in total. The van der Waals surface area contributed by atoms with Crippen molar-refractivity contribution in [3.8, 4) is 0 Å². The van der Waals surface area contributed by atoms with Crippen molar-refractivity contribution in [2.45, 2.75) is 13.5 Å². The largest absolute Gasteiger partial charge is 0.330 e. The Labute approximate surface area is 165 Å². The van der Waals surface area contributed by atoms with Gasteiger partial charge in [0.15, 0.2) is 11.0 Å². The molecular formula is C19H16ClN5OS. The van der Waals surface area contributed by atoms with Gasteiger partial charge in [-0.15, -0.1) is 0 Å². The number of halogens is 1. The molecule has 0 bridgehead atoms. The molecule has 8 heteroatoms. The number of pyridine rings is 1. The maximum absolute atomic E-state index is 13.2. The van der Waals surface area contributed by atoms with Crippen molar-refractivity contribution in [2.24, 2.45) is 7.05 Å². The maximum atomic E-state index is 13.2. The van der Waals surface area contributed by atoms with Crippen molar-refractivity contribution >= 4 is 44.2 Å². The molecule has 0 aliphatic heterocycles. The lowest BCUT2D eigenvalue weighted by Gasteiger charge is -2.19. The predicted molar refractivity (Wildman–Crippen MR) is 107 cm³/mol. The molecule has 0 fully saturated rings. The fourth-order valence-corrected chi connectivity index (χ4v) is 4.25. The van der Waals surface area contributed by atoms with E-state index in [0.717, 1.165) is 21.5 Å². The first-order chi connectivity index (χ1) is 13.0. The molecule has 0 saturated heterocycles. The lowest BCUT2D eigenvalue weighted by molar-refractivity contribution is 0.0972. The van der Waals surface area contributed by atoms with Crippen molar-refractivity contribution in [1.82, 2.24) is 19.5 Å². The highest BCUT2D eigenvalue weighted by Gasteiger charge is 2.25.